The maximum atomic E-state index is 4.96. The van der Waals surface area contributed by atoms with Crippen molar-refractivity contribution in [1.29, 1.82) is 0 Å². The zero-order valence-corrected chi connectivity index (χ0v) is 21.4. The lowest BCUT2D eigenvalue weighted by molar-refractivity contribution is 0.610. The van der Waals surface area contributed by atoms with Crippen LogP contribution in [-0.2, 0) is 12.8 Å². The number of hydrogen-bond acceptors (Lipinski definition) is 4. The number of rotatable bonds is 11. The minimum atomic E-state index is 0. The van der Waals surface area contributed by atoms with Gasteiger partial charge in [0.2, 0.25) is 0 Å². The normalized spacial score (nSPS) is 12.8. The molecule has 1 aliphatic rings. The Balaban J connectivity index is 0.00000289. The molecular weight excluding hydrogens is 452 g/mol. The first-order chi connectivity index (χ1) is 16.9. The van der Waals surface area contributed by atoms with E-state index in [4.69, 9.17) is 4.98 Å². The fraction of sp³-hybridized carbons (Fsp3) is 0.400. The smallest absolute Gasteiger partial charge is 0.0726 e. The van der Waals surface area contributed by atoms with Gasteiger partial charge >= 0.3 is 0 Å². The third-order valence-electron chi connectivity index (χ3n) is 7.04. The summed E-state index contributed by atoms with van der Waals surface area (Å²) in [5.41, 5.74) is 7.54. The van der Waals surface area contributed by atoms with Crippen LogP contribution in [0.2, 0.25) is 0 Å². The van der Waals surface area contributed by atoms with Gasteiger partial charge in [0.15, 0.2) is 0 Å². The molecule has 0 atom stereocenters. The summed E-state index contributed by atoms with van der Waals surface area (Å²) < 4.78 is 0. The fourth-order valence-corrected chi connectivity index (χ4v) is 5.22. The third kappa shape index (κ3) is 6.24. The van der Waals surface area contributed by atoms with Crippen molar-refractivity contribution < 1.29 is 0 Å². The average molecular weight is 489 g/mol. The van der Waals surface area contributed by atoms with Gasteiger partial charge in [0.1, 0.15) is 0 Å². The lowest BCUT2D eigenvalue weighted by Crippen LogP contribution is -2.12. The first-order valence-electron chi connectivity index (χ1n) is 13.1. The summed E-state index contributed by atoms with van der Waals surface area (Å²) in [5.74, 6) is 0. The predicted molar refractivity (Wildman–Crippen MR) is 152 cm³/mol. The number of unbranched alkanes of at least 4 members (excludes halogenated alkanes) is 5. The lowest BCUT2D eigenvalue weighted by atomic mass is 9.92. The lowest BCUT2D eigenvalue weighted by Gasteiger charge is -2.21. The molecule has 0 unspecified atom stereocenters. The Morgan fingerprint density at radius 2 is 1.31 bits per heavy atom. The Morgan fingerprint density at radius 1 is 0.657 bits per heavy atom. The van der Waals surface area contributed by atoms with Gasteiger partial charge in [-0.3, -0.25) is 9.97 Å². The molecule has 2 heterocycles. The molecule has 0 amide bonds. The molecule has 0 fully saturated rings. The molecule has 0 saturated carbocycles. The van der Waals surface area contributed by atoms with E-state index < -0.39 is 0 Å². The van der Waals surface area contributed by atoms with Crippen LogP contribution in [0.3, 0.4) is 0 Å². The number of fused-ring (bicyclic) bond motifs is 3. The quantitative estimate of drug-likeness (QED) is 0.210. The van der Waals surface area contributed by atoms with Crippen molar-refractivity contribution in [3.05, 3.63) is 72.1 Å². The number of aromatic nitrogens is 2. The van der Waals surface area contributed by atoms with Crippen LogP contribution in [0.4, 0.5) is 11.4 Å². The van der Waals surface area contributed by atoms with E-state index in [-0.39, 0.29) is 12.4 Å². The Morgan fingerprint density at radius 3 is 2.14 bits per heavy atom. The van der Waals surface area contributed by atoms with Crippen LogP contribution in [-0.4, -0.2) is 23.1 Å². The molecule has 0 saturated heterocycles. The largest absolute Gasteiger partial charge is 0.384 e. The van der Waals surface area contributed by atoms with E-state index in [1.165, 1.54) is 91.2 Å². The Labute approximate surface area is 215 Å². The van der Waals surface area contributed by atoms with Crippen LogP contribution in [0.1, 0.15) is 62.6 Å². The Kier molecular flexibility index (Phi) is 9.19. The number of halogens is 1. The van der Waals surface area contributed by atoms with Gasteiger partial charge in [0.05, 0.1) is 11.0 Å². The van der Waals surface area contributed by atoms with E-state index in [0.29, 0.717) is 0 Å². The first kappa shape index (κ1) is 25.2. The second-order valence-electron chi connectivity index (χ2n) is 9.49. The van der Waals surface area contributed by atoms with Crippen molar-refractivity contribution >= 4 is 45.6 Å². The second-order valence-corrected chi connectivity index (χ2v) is 9.49. The van der Waals surface area contributed by atoms with E-state index >= 15 is 0 Å². The summed E-state index contributed by atoms with van der Waals surface area (Å²) in [6.07, 6.45) is 14.4. The van der Waals surface area contributed by atoms with Gasteiger partial charge in [-0.1, -0.05) is 62.1 Å². The molecule has 0 spiro atoms. The van der Waals surface area contributed by atoms with Gasteiger partial charge in [0, 0.05) is 47.1 Å². The monoisotopic (exact) mass is 488 g/mol. The predicted octanol–water partition coefficient (Wildman–Crippen LogP) is 7.95. The molecule has 2 aromatic heterocycles. The number of aryl methyl sites for hydroxylation is 1. The van der Waals surface area contributed by atoms with Crippen LogP contribution >= 0.6 is 12.4 Å². The van der Waals surface area contributed by atoms with Gasteiger partial charge in [0.25, 0.3) is 0 Å². The number of nitrogens with zero attached hydrogens (tertiary/aromatic N) is 2. The highest BCUT2D eigenvalue weighted by molar-refractivity contribution is 5.93. The van der Waals surface area contributed by atoms with Gasteiger partial charge < -0.3 is 10.6 Å². The molecule has 5 rings (SSSR count). The number of nitrogens with one attached hydrogen (secondary N) is 2. The zero-order valence-electron chi connectivity index (χ0n) is 20.6. The minimum absolute atomic E-state index is 0. The van der Waals surface area contributed by atoms with Crippen LogP contribution in [0.5, 0.6) is 0 Å². The van der Waals surface area contributed by atoms with Crippen LogP contribution in [0.25, 0.3) is 21.8 Å². The summed E-state index contributed by atoms with van der Waals surface area (Å²) in [4.78, 5) is 9.40. The molecular formula is C30H37ClN4. The van der Waals surface area contributed by atoms with E-state index in [0.717, 1.165) is 30.5 Å². The fourth-order valence-electron chi connectivity index (χ4n) is 5.22. The summed E-state index contributed by atoms with van der Waals surface area (Å²) in [5, 5.41) is 9.90. The van der Waals surface area contributed by atoms with E-state index in [2.05, 4.69) is 64.1 Å². The van der Waals surface area contributed by atoms with Crippen molar-refractivity contribution in [2.45, 2.75) is 64.2 Å². The molecule has 0 bridgehead atoms. The molecule has 4 aromatic rings. The van der Waals surface area contributed by atoms with Crippen LogP contribution in [0.15, 0.2) is 60.8 Å². The van der Waals surface area contributed by atoms with Crippen molar-refractivity contribution in [2.24, 2.45) is 0 Å². The average Bonchev–Trinajstić information content (AvgIpc) is 2.89. The number of hydrogen-bond donors (Lipinski definition) is 2. The number of anilines is 2. The number of pyridine rings is 2. The second kappa shape index (κ2) is 12.7. The molecule has 0 aliphatic heterocycles. The van der Waals surface area contributed by atoms with Gasteiger partial charge in [-0.15, -0.1) is 12.4 Å². The number of para-hydroxylation sites is 2. The van der Waals surface area contributed by atoms with E-state index in [1.54, 1.807) is 0 Å². The first-order valence-corrected chi connectivity index (χ1v) is 13.1. The van der Waals surface area contributed by atoms with Crippen LogP contribution in [0, 0.1) is 0 Å². The topological polar surface area (TPSA) is 49.8 Å². The van der Waals surface area contributed by atoms with Gasteiger partial charge in [-0.05, 0) is 62.3 Å². The van der Waals surface area contributed by atoms with Crippen molar-refractivity contribution in [3.63, 3.8) is 0 Å². The zero-order chi connectivity index (χ0) is 23.0. The molecule has 5 heteroatoms. The summed E-state index contributed by atoms with van der Waals surface area (Å²) >= 11 is 0. The summed E-state index contributed by atoms with van der Waals surface area (Å²) in [6, 6.07) is 19.0. The van der Waals surface area contributed by atoms with E-state index in [1.807, 2.05) is 12.3 Å². The molecule has 0 radical (unpaired) electrons. The van der Waals surface area contributed by atoms with E-state index in [9.17, 15) is 0 Å². The third-order valence-corrected chi connectivity index (χ3v) is 7.04. The Bertz CT molecular complexity index is 1230. The van der Waals surface area contributed by atoms with Gasteiger partial charge in [-0.25, -0.2) is 0 Å². The van der Waals surface area contributed by atoms with Crippen LogP contribution < -0.4 is 10.6 Å². The molecule has 1 aliphatic carbocycles. The minimum Gasteiger partial charge on any atom is -0.384 e. The molecule has 184 valence electrons. The summed E-state index contributed by atoms with van der Waals surface area (Å²) in [7, 11) is 0. The van der Waals surface area contributed by atoms with Crippen molar-refractivity contribution in [2.75, 3.05) is 23.7 Å². The maximum absolute atomic E-state index is 4.96. The van der Waals surface area contributed by atoms with Crippen molar-refractivity contribution in [3.8, 4) is 0 Å². The SMILES string of the molecule is Cl.c1ccc2c(NCCCCCCCCNc3c4c(nc5ccccc35)CCCC4)ccnc2c1. The highest BCUT2D eigenvalue weighted by Gasteiger charge is 2.17. The molecule has 2 N–H and O–H groups in total. The Hall–Kier alpha value is -2.85. The highest BCUT2D eigenvalue weighted by atomic mass is 35.5. The highest BCUT2D eigenvalue weighted by Crippen LogP contribution is 2.33. The molecule has 4 nitrogen and oxygen atoms in total. The summed E-state index contributed by atoms with van der Waals surface area (Å²) in [6.45, 7) is 2.08. The maximum Gasteiger partial charge on any atom is 0.0726 e. The molecule has 2 aromatic carbocycles. The van der Waals surface area contributed by atoms with Crippen molar-refractivity contribution in [1.82, 2.24) is 9.97 Å². The number of benzene rings is 2. The van der Waals surface area contributed by atoms with Gasteiger partial charge in [-0.2, -0.15) is 0 Å². The molecule has 35 heavy (non-hydrogen) atoms. The standard InChI is InChI=1S/C30H36N4.ClH/c1(3-11-20-31-27-19-22-32-26-16-8-5-13-23(26)27)2-4-12-21-33-30-24-14-6-9-17-28(24)34-29-18-10-7-15-25(29)30;/h5-6,8-9,13-14,16-17,19,22H,1-4,7,10-12,15,18,20-21H2,(H,31,32)(H,33,34);1H.